The van der Waals surface area contributed by atoms with Crippen molar-refractivity contribution in [2.24, 2.45) is 0 Å². The number of nitrogens with zero attached hydrogens (tertiary/aromatic N) is 1. The normalized spacial score (nSPS) is 22.3. The maximum atomic E-state index is 11.9. The number of hydrogen-bond acceptors (Lipinski definition) is 4. The number of likely N-dealkylation sites (tertiary alicyclic amines) is 1. The number of urea groups is 1. The van der Waals surface area contributed by atoms with Gasteiger partial charge in [0.2, 0.25) is 5.91 Å². The Labute approximate surface area is 108 Å². The van der Waals surface area contributed by atoms with Crippen LogP contribution in [0.1, 0.15) is 32.6 Å². The molecule has 2 atom stereocenters. The second-order valence-corrected chi connectivity index (χ2v) is 4.64. The first-order valence-electron chi connectivity index (χ1n) is 6.49. The van der Waals surface area contributed by atoms with Crippen molar-refractivity contribution in [1.29, 1.82) is 0 Å². The van der Waals surface area contributed by atoms with E-state index in [1.165, 1.54) is 7.05 Å². The fraction of sp³-hybridized carbons (Fsp3) is 0.833. The first kappa shape index (κ1) is 14.9. The third-order valence-electron chi connectivity index (χ3n) is 3.48. The fourth-order valence-corrected chi connectivity index (χ4v) is 2.42. The van der Waals surface area contributed by atoms with E-state index in [1.54, 1.807) is 6.92 Å². The van der Waals surface area contributed by atoms with Crippen LogP contribution < -0.4 is 10.6 Å². The molecule has 3 amide bonds. The second kappa shape index (κ2) is 7.33. The highest BCUT2D eigenvalue weighted by molar-refractivity contribution is 5.96. The molecule has 0 aromatic rings. The summed E-state index contributed by atoms with van der Waals surface area (Å²) < 4.78 is 0. The van der Waals surface area contributed by atoms with Gasteiger partial charge >= 0.3 is 6.03 Å². The van der Waals surface area contributed by atoms with E-state index in [1.807, 2.05) is 0 Å². The van der Waals surface area contributed by atoms with Crippen LogP contribution in [0.25, 0.3) is 0 Å². The molecule has 1 saturated heterocycles. The lowest BCUT2D eigenvalue weighted by Crippen LogP contribution is -2.53. The summed E-state index contributed by atoms with van der Waals surface area (Å²) in [6.07, 6.45) is 3.86. The van der Waals surface area contributed by atoms with Gasteiger partial charge in [-0.15, -0.1) is 0 Å². The van der Waals surface area contributed by atoms with E-state index >= 15 is 0 Å². The molecule has 1 aliphatic rings. The van der Waals surface area contributed by atoms with Crippen LogP contribution in [0.15, 0.2) is 0 Å². The van der Waals surface area contributed by atoms with E-state index in [4.69, 9.17) is 5.11 Å². The van der Waals surface area contributed by atoms with Gasteiger partial charge in [-0.05, 0) is 32.7 Å². The van der Waals surface area contributed by atoms with Gasteiger partial charge in [-0.2, -0.15) is 0 Å². The smallest absolute Gasteiger partial charge is 0.321 e. The fourth-order valence-electron chi connectivity index (χ4n) is 2.42. The molecule has 1 fully saturated rings. The van der Waals surface area contributed by atoms with Crippen LogP contribution in [0.2, 0.25) is 0 Å². The van der Waals surface area contributed by atoms with Crippen LogP contribution in [-0.4, -0.2) is 54.2 Å². The third-order valence-corrected chi connectivity index (χ3v) is 3.48. The number of aliphatic hydroxyl groups excluding tert-OH is 1. The molecule has 2 unspecified atom stereocenters. The van der Waals surface area contributed by atoms with Crippen LogP contribution in [0.5, 0.6) is 0 Å². The second-order valence-electron chi connectivity index (χ2n) is 4.64. The molecule has 0 bridgehead atoms. The van der Waals surface area contributed by atoms with E-state index in [0.29, 0.717) is 6.42 Å². The topological polar surface area (TPSA) is 81.7 Å². The monoisotopic (exact) mass is 257 g/mol. The molecule has 1 rings (SSSR count). The molecule has 104 valence electrons. The lowest BCUT2D eigenvalue weighted by Gasteiger charge is -2.38. The van der Waals surface area contributed by atoms with Gasteiger partial charge in [-0.3, -0.25) is 15.0 Å². The Kier molecular flexibility index (Phi) is 6.07. The summed E-state index contributed by atoms with van der Waals surface area (Å²) in [4.78, 5) is 25.1. The maximum absolute atomic E-state index is 11.9. The molecule has 0 aliphatic carbocycles. The van der Waals surface area contributed by atoms with E-state index in [2.05, 4.69) is 15.5 Å². The first-order chi connectivity index (χ1) is 8.60. The van der Waals surface area contributed by atoms with Crippen molar-refractivity contribution in [3.63, 3.8) is 0 Å². The summed E-state index contributed by atoms with van der Waals surface area (Å²) >= 11 is 0. The van der Waals surface area contributed by atoms with E-state index in [9.17, 15) is 9.59 Å². The third kappa shape index (κ3) is 3.96. The van der Waals surface area contributed by atoms with Gasteiger partial charge in [0.05, 0.1) is 6.04 Å². The number of aliphatic hydroxyl groups is 1. The molecular formula is C12H23N3O3. The molecule has 0 saturated carbocycles. The molecule has 0 radical (unpaired) electrons. The summed E-state index contributed by atoms with van der Waals surface area (Å²) in [5.41, 5.74) is 0. The Bertz CT molecular complexity index is 294. The molecule has 0 aromatic heterocycles. The summed E-state index contributed by atoms with van der Waals surface area (Å²) in [5, 5.41) is 13.7. The predicted octanol–water partition coefficient (Wildman–Crippen LogP) is 0.0674. The average molecular weight is 257 g/mol. The Morgan fingerprint density at radius 3 is 2.78 bits per heavy atom. The zero-order valence-corrected chi connectivity index (χ0v) is 11.1. The quantitative estimate of drug-likeness (QED) is 0.665. The highest BCUT2D eigenvalue weighted by Crippen LogP contribution is 2.21. The van der Waals surface area contributed by atoms with Crippen LogP contribution in [-0.2, 0) is 4.79 Å². The first-order valence-corrected chi connectivity index (χ1v) is 6.49. The van der Waals surface area contributed by atoms with Crippen molar-refractivity contribution < 1.29 is 14.7 Å². The molecule has 18 heavy (non-hydrogen) atoms. The van der Waals surface area contributed by atoms with Crippen molar-refractivity contribution in [2.45, 2.75) is 44.7 Å². The van der Waals surface area contributed by atoms with Gasteiger partial charge in [0.25, 0.3) is 0 Å². The minimum absolute atomic E-state index is 0.130. The molecule has 1 aliphatic heterocycles. The number of carbonyl (C=O) groups excluding carboxylic acids is 2. The van der Waals surface area contributed by atoms with Gasteiger partial charge < -0.3 is 10.4 Å². The zero-order valence-electron chi connectivity index (χ0n) is 11.1. The van der Waals surface area contributed by atoms with Crippen molar-refractivity contribution in [1.82, 2.24) is 15.5 Å². The van der Waals surface area contributed by atoms with Gasteiger partial charge in [0, 0.05) is 19.7 Å². The number of carbonyl (C=O) groups is 2. The highest BCUT2D eigenvalue weighted by Gasteiger charge is 2.30. The molecule has 0 spiro atoms. The van der Waals surface area contributed by atoms with E-state index in [0.717, 1.165) is 25.8 Å². The lowest BCUT2D eigenvalue weighted by atomic mass is 9.97. The van der Waals surface area contributed by atoms with Gasteiger partial charge in [0.15, 0.2) is 0 Å². The van der Waals surface area contributed by atoms with Gasteiger partial charge in [0.1, 0.15) is 0 Å². The lowest BCUT2D eigenvalue weighted by molar-refractivity contribution is -0.126. The summed E-state index contributed by atoms with van der Waals surface area (Å²) in [6.45, 7) is 2.77. The predicted molar refractivity (Wildman–Crippen MR) is 68.1 cm³/mol. The Balaban J connectivity index is 2.58. The van der Waals surface area contributed by atoms with Gasteiger partial charge in [-0.25, -0.2) is 4.79 Å². The Morgan fingerprint density at radius 1 is 1.44 bits per heavy atom. The van der Waals surface area contributed by atoms with Crippen molar-refractivity contribution >= 4 is 11.9 Å². The molecule has 6 nitrogen and oxygen atoms in total. The van der Waals surface area contributed by atoms with E-state index in [-0.39, 0.29) is 24.6 Å². The number of imide groups is 1. The molecule has 3 N–H and O–H groups in total. The number of piperidine rings is 1. The number of hydrogen-bond donors (Lipinski definition) is 3. The zero-order chi connectivity index (χ0) is 13.5. The Morgan fingerprint density at radius 2 is 2.17 bits per heavy atom. The largest absolute Gasteiger partial charge is 0.396 e. The Hall–Kier alpha value is -1.14. The van der Waals surface area contributed by atoms with E-state index < -0.39 is 6.03 Å². The van der Waals surface area contributed by atoms with Crippen molar-refractivity contribution in [2.75, 3.05) is 20.2 Å². The summed E-state index contributed by atoms with van der Waals surface area (Å²) in [6, 6.07) is -0.601. The number of nitrogens with one attached hydrogen (secondary N) is 2. The SMILES string of the molecule is CNC(=O)NC(=O)C(C)N1CCCCC1CCO. The molecule has 0 aromatic carbocycles. The maximum Gasteiger partial charge on any atom is 0.321 e. The molecular weight excluding hydrogens is 234 g/mol. The minimum atomic E-state index is -0.484. The minimum Gasteiger partial charge on any atom is -0.396 e. The number of amides is 3. The molecule has 1 heterocycles. The average Bonchev–Trinajstić information content (AvgIpc) is 2.38. The van der Waals surface area contributed by atoms with Crippen LogP contribution in [0, 0.1) is 0 Å². The summed E-state index contributed by atoms with van der Waals surface area (Å²) in [7, 11) is 1.47. The van der Waals surface area contributed by atoms with Crippen molar-refractivity contribution in [3.8, 4) is 0 Å². The molecule has 6 heteroatoms. The highest BCUT2D eigenvalue weighted by atomic mass is 16.3. The van der Waals surface area contributed by atoms with Gasteiger partial charge in [-0.1, -0.05) is 6.42 Å². The summed E-state index contributed by atoms with van der Waals surface area (Å²) in [5.74, 6) is -0.292. The van der Waals surface area contributed by atoms with Crippen LogP contribution in [0.3, 0.4) is 0 Å². The van der Waals surface area contributed by atoms with Crippen molar-refractivity contribution in [3.05, 3.63) is 0 Å². The van der Waals surface area contributed by atoms with Crippen LogP contribution >= 0.6 is 0 Å². The standard InChI is InChI=1S/C12H23N3O3/c1-9(11(17)14-12(18)13-2)15-7-4-3-5-10(15)6-8-16/h9-10,16H,3-8H2,1-2H3,(H2,13,14,17,18). The number of rotatable bonds is 4. The van der Waals surface area contributed by atoms with Crippen LogP contribution in [0.4, 0.5) is 4.79 Å².